The Labute approximate surface area is 330 Å². The first-order valence-electron chi connectivity index (χ1n) is 19.9. The summed E-state index contributed by atoms with van der Waals surface area (Å²) in [6.07, 6.45) is 5.15. The first kappa shape index (κ1) is 39.0. The van der Waals surface area contributed by atoms with Gasteiger partial charge in [0.15, 0.2) is 11.5 Å². The van der Waals surface area contributed by atoms with Crippen molar-refractivity contribution in [2.45, 2.75) is 78.2 Å². The van der Waals surface area contributed by atoms with Crippen molar-refractivity contribution < 1.29 is 14.1 Å². The van der Waals surface area contributed by atoms with Crippen LogP contribution in [-0.4, -0.2) is 91.2 Å². The lowest BCUT2D eigenvalue weighted by Gasteiger charge is -2.37. The van der Waals surface area contributed by atoms with Gasteiger partial charge in [-0.1, -0.05) is 84.9 Å². The van der Waals surface area contributed by atoms with Crippen molar-refractivity contribution in [1.29, 1.82) is 0 Å². The van der Waals surface area contributed by atoms with Gasteiger partial charge in [-0.15, -0.1) is 5.10 Å². The highest BCUT2D eigenvalue weighted by atomic mass is 16.5. The first-order chi connectivity index (χ1) is 27.0. The number of benzene rings is 3. The topological polar surface area (TPSA) is 97.7 Å². The van der Waals surface area contributed by atoms with E-state index in [9.17, 15) is 4.79 Å². The zero-order chi connectivity index (χ0) is 39.2. The SMILES string of the molecule is CC(C)CCOc1ccc(CN(CC(C)(C)N(C)C)C(=O)c2cc(CN3CCCC(n4cc(Cn5c(-c6ccccc6)cc6ccccc65)nn4)C3)on2)cc1. The van der Waals surface area contributed by atoms with Crippen LogP contribution in [0.1, 0.15) is 80.5 Å². The molecule has 0 bridgehead atoms. The summed E-state index contributed by atoms with van der Waals surface area (Å²) < 4.78 is 16.1. The van der Waals surface area contributed by atoms with Crippen molar-refractivity contribution in [2.75, 3.05) is 40.3 Å². The lowest BCUT2D eigenvalue weighted by Crippen LogP contribution is -2.49. The Bertz CT molecular complexity index is 2180. The summed E-state index contributed by atoms with van der Waals surface area (Å²) in [6.45, 7) is 13.3. The van der Waals surface area contributed by atoms with Gasteiger partial charge in [-0.3, -0.25) is 9.69 Å². The maximum absolute atomic E-state index is 14.1. The van der Waals surface area contributed by atoms with Gasteiger partial charge in [0, 0.05) is 47.8 Å². The maximum atomic E-state index is 14.1. The number of para-hydroxylation sites is 1. The summed E-state index contributed by atoms with van der Waals surface area (Å²) in [4.78, 5) is 20.4. The third kappa shape index (κ3) is 9.39. The molecule has 0 aliphatic carbocycles. The number of aromatic nitrogens is 5. The molecule has 1 atom stereocenters. The van der Waals surface area contributed by atoms with Gasteiger partial charge in [0.1, 0.15) is 11.4 Å². The molecular formula is C45H56N8O3. The molecule has 1 unspecified atom stereocenters. The summed E-state index contributed by atoms with van der Waals surface area (Å²) >= 11 is 0. The van der Waals surface area contributed by atoms with Gasteiger partial charge in [0.05, 0.1) is 31.9 Å². The Morgan fingerprint density at radius 1 is 0.982 bits per heavy atom. The molecule has 0 radical (unpaired) electrons. The average Bonchev–Trinajstić information content (AvgIpc) is 3.95. The summed E-state index contributed by atoms with van der Waals surface area (Å²) in [6, 6.07) is 31.3. The number of hydrogen-bond donors (Lipinski definition) is 0. The molecule has 294 valence electrons. The number of piperidine rings is 1. The fourth-order valence-corrected chi connectivity index (χ4v) is 7.35. The van der Waals surface area contributed by atoms with Gasteiger partial charge in [-0.05, 0) is 95.1 Å². The lowest BCUT2D eigenvalue weighted by molar-refractivity contribution is 0.0598. The smallest absolute Gasteiger partial charge is 0.276 e. The molecular weight excluding hydrogens is 701 g/mol. The van der Waals surface area contributed by atoms with Crippen LogP contribution in [0, 0.1) is 5.92 Å². The monoisotopic (exact) mass is 756 g/mol. The Balaban J connectivity index is 1.00. The molecule has 56 heavy (non-hydrogen) atoms. The van der Waals surface area contributed by atoms with Crippen LogP contribution < -0.4 is 4.74 Å². The Morgan fingerprint density at radius 3 is 2.52 bits per heavy atom. The number of carbonyl (C=O) groups is 1. The Hall–Kier alpha value is -5.26. The molecule has 1 aliphatic rings. The third-order valence-electron chi connectivity index (χ3n) is 11.1. The molecule has 1 amide bonds. The molecule has 11 nitrogen and oxygen atoms in total. The predicted octanol–water partition coefficient (Wildman–Crippen LogP) is 8.18. The second kappa shape index (κ2) is 17.3. The normalized spacial score (nSPS) is 15.2. The zero-order valence-corrected chi connectivity index (χ0v) is 33.8. The molecule has 1 fully saturated rings. The maximum Gasteiger partial charge on any atom is 0.276 e. The molecule has 0 N–H and O–H groups in total. The van der Waals surface area contributed by atoms with E-state index in [-0.39, 0.29) is 17.5 Å². The summed E-state index contributed by atoms with van der Waals surface area (Å²) in [5.41, 5.74) is 5.53. The van der Waals surface area contributed by atoms with Crippen molar-refractivity contribution in [3.05, 3.63) is 120 Å². The second-order valence-corrected chi connectivity index (χ2v) is 16.5. The second-order valence-electron chi connectivity index (χ2n) is 16.5. The fraction of sp³-hybridized carbons (Fsp3) is 0.422. The van der Waals surface area contributed by atoms with Crippen LogP contribution in [-0.2, 0) is 19.6 Å². The van der Waals surface area contributed by atoms with Crippen molar-refractivity contribution >= 4 is 16.8 Å². The van der Waals surface area contributed by atoms with Gasteiger partial charge < -0.3 is 23.6 Å². The molecule has 0 spiro atoms. The van der Waals surface area contributed by atoms with Crippen LogP contribution >= 0.6 is 0 Å². The van der Waals surface area contributed by atoms with Crippen molar-refractivity contribution in [3.63, 3.8) is 0 Å². The predicted molar refractivity (Wildman–Crippen MR) is 220 cm³/mol. The van der Waals surface area contributed by atoms with E-state index in [4.69, 9.17) is 9.26 Å². The number of rotatable bonds is 16. The van der Waals surface area contributed by atoms with E-state index in [0.29, 0.717) is 50.2 Å². The van der Waals surface area contributed by atoms with Gasteiger partial charge in [0.25, 0.3) is 5.91 Å². The zero-order valence-electron chi connectivity index (χ0n) is 33.8. The minimum Gasteiger partial charge on any atom is -0.494 e. The average molecular weight is 757 g/mol. The van der Waals surface area contributed by atoms with Crippen LogP contribution in [0.4, 0.5) is 0 Å². The molecule has 4 heterocycles. The molecule has 6 aromatic rings. The standard InChI is InChI=1S/C45H56N8O3/c1-33(2)22-24-55-39-20-18-34(19-21-39)27-51(32-45(3,4)49(5)6)44(54)41-26-40(56-47-41)31-50-23-12-16-38(30-50)53-29-37(46-48-53)28-52-42-17-11-10-15-36(42)25-43(52)35-13-8-7-9-14-35/h7-11,13-15,17-21,25-26,29,33,38H,12,16,22-24,27-28,30-32H2,1-6H3. The summed E-state index contributed by atoms with van der Waals surface area (Å²) in [5, 5.41) is 14.8. The molecule has 3 aromatic heterocycles. The number of hydrogen-bond acceptors (Lipinski definition) is 8. The van der Waals surface area contributed by atoms with E-state index in [1.165, 1.54) is 16.5 Å². The molecule has 11 heteroatoms. The lowest BCUT2D eigenvalue weighted by atomic mass is 10.0. The quantitative estimate of drug-likeness (QED) is 0.0976. The number of fused-ring (bicyclic) bond motifs is 1. The van der Waals surface area contributed by atoms with E-state index in [0.717, 1.165) is 55.1 Å². The highest BCUT2D eigenvalue weighted by Gasteiger charge is 2.30. The van der Waals surface area contributed by atoms with Gasteiger partial charge in [-0.2, -0.15) is 0 Å². The highest BCUT2D eigenvalue weighted by Crippen LogP contribution is 2.30. The van der Waals surface area contributed by atoms with Gasteiger partial charge in [0.2, 0.25) is 0 Å². The Kier molecular flexibility index (Phi) is 12.0. The van der Waals surface area contributed by atoms with Crippen LogP contribution in [0.3, 0.4) is 0 Å². The Morgan fingerprint density at radius 2 is 1.75 bits per heavy atom. The fourth-order valence-electron chi connectivity index (χ4n) is 7.35. The van der Waals surface area contributed by atoms with Crippen molar-refractivity contribution in [3.8, 4) is 17.0 Å². The molecule has 7 rings (SSSR count). The molecule has 1 saturated heterocycles. The number of likely N-dealkylation sites (N-methyl/N-ethyl adjacent to an activating group) is 1. The molecule has 1 aliphatic heterocycles. The first-order valence-corrected chi connectivity index (χ1v) is 19.9. The number of carbonyl (C=O) groups excluding carboxylic acids is 1. The largest absolute Gasteiger partial charge is 0.494 e. The van der Waals surface area contributed by atoms with E-state index >= 15 is 0 Å². The number of likely N-dealkylation sites (tertiary alicyclic amines) is 1. The van der Waals surface area contributed by atoms with Gasteiger partial charge >= 0.3 is 0 Å². The number of nitrogens with zero attached hydrogens (tertiary/aromatic N) is 8. The van der Waals surface area contributed by atoms with E-state index in [1.807, 2.05) is 60.1 Å². The molecule has 3 aromatic carbocycles. The highest BCUT2D eigenvalue weighted by molar-refractivity contribution is 5.92. The summed E-state index contributed by atoms with van der Waals surface area (Å²) in [5.74, 6) is 1.96. The van der Waals surface area contributed by atoms with Crippen LogP contribution in [0.5, 0.6) is 5.75 Å². The minimum atomic E-state index is -0.258. The third-order valence-corrected chi connectivity index (χ3v) is 11.1. The molecule has 0 saturated carbocycles. The van der Waals surface area contributed by atoms with Crippen LogP contribution in [0.25, 0.3) is 22.2 Å². The van der Waals surface area contributed by atoms with E-state index in [2.05, 4.69) is 118 Å². The number of ether oxygens (including phenoxy) is 1. The van der Waals surface area contributed by atoms with Crippen molar-refractivity contribution in [2.24, 2.45) is 5.92 Å². The van der Waals surface area contributed by atoms with E-state index in [1.54, 1.807) is 0 Å². The van der Waals surface area contributed by atoms with Crippen LogP contribution in [0.2, 0.25) is 0 Å². The van der Waals surface area contributed by atoms with Gasteiger partial charge in [-0.25, -0.2) is 4.68 Å². The van der Waals surface area contributed by atoms with E-state index < -0.39 is 0 Å². The minimum absolute atomic E-state index is 0.148. The van der Waals surface area contributed by atoms with Crippen molar-refractivity contribution in [1.82, 2.24) is 39.4 Å². The van der Waals surface area contributed by atoms with Crippen LogP contribution in [0.15, 0.2) is 102 Å². The number of amides is 1. The summed E-state index contributed by atoms with van der Waals surface area (Å²) in [7, 11) is 4.08.